The van der Waals surface area contributed by atoms with Gasteiger partial charge in [-0.1, -0.05) is 35.0 Å². The summed E-state index contributed by atoms with van der Waals surface area (Å²) in [5.74, 6) is -1.28. The fraction of sp³-hybridized carbons (Fsp3) is 0.357. The summed E-state index contributed by atoms with van der Waals surface area (Å²) in [6.45, 7) is 1.95. The van der Waals surface area contributed by atoms with Gasteiger partial charge in [0.25, 0.3) is 5.91 Å². The number of carbonyl (C=O) groups excluding carboxylic acids is 2. The molecule has 20 heavy (non-hydrogen) atoms. The third-order valence-corrected chi connectivity index (χ3v) is 3.73. The normalized spacial score (nSPS) is 20.4. The lowest BCUT2D eigenvalue weighted by atomic mass is 9.96. The van der Waals surface area contributed by atoms with Crippen LogP contribution in [-0.4, -0.2) is 23.7 Å². The van der Waals surface area contributed by atoms with E-state index in [4.69, 9.17) is 5.73 Å². The molecule has 0 saturated carbocycles. The van der Waals surface area contributed by atoms with Crippen LogP contribution in [0, 0.1) is 0 Å². The van der Waals surface area contributed by atoms with Gasteiger partial charge in [-0.25, -0.2) is 0 Å². The minimum absolute atomic E-state index is 0.105. The number of nitrogens with two attached hydrogens (primary N) is 1. The van der Waals surface area contributed by atoms with E-state index in [-0.39, 0.29) is 11.9 Å². The summed E-state index contributed by atoms with van der Waals surface area (Å²) in [5, 5.41) is 2.67. The molecule has 0 aliphatic carbocycles. The highest BCUT2D eigenvalue weighted by Gasteiger charge is 2.33. The van der Waals surface area contributed by atoms with Crippen molar-refractivity contribution in [3.8, 4) is 0 Å². The number of nitrogens with zero attached hydrogens (tertiary/aromatic N) is 1. The lowest BCUT2D eigenvalue weighted by Gasteiger charge is -2.21. The summed E-state index contributed by atoms with van der Waals surface area (Å²) < 4.78 is 0.892. The van der Waals surface area contributed by atoms with Gasteiger partial charge in [-0.2, -0.15) is 4.99 Å². The summed E-state index contributed by atoms with van der Waals surface area (Å²) >= 11 is 3.32. The van der Waals surface area contributed by atoms with E-state index in [0.717, 1.165) is 10.9 Å². The largest absolute Gasteiger partial charge is 0.327 e. The second kappa shape index (κ2) is 6.28. The number of carbonyl (C=O) groups is 2. The van der Waals surface area contributed by atoms with Gasteiger partial charge < -0.3 is 11.1 Å². The molecule has 1 heterocycles. The quantitative estimate of drug-likeness (QED) is 0.820. The first kappa shape index (κ1) is 14.9. The minimum Gasteiger partial charge on any atom is -0.327 e. The van der Waals surface area contributed by atoms with E-state index in [2.05, 4.69) is 26.2 Å². The highest BCUT2D eigenvalue weighted by Crippen LogP contribution is 2.22. The van der Waals surface area contributed by atoms with E-state index in [0.29, 0.717) is 17.8 Å². The number of halogens is 1. The Hall–Kier alpha value is -1.53. The zero-order valence-corrected chi connectivity index (χ0v) is 12.7. The summed E-state index contributed by atoms with van der Waals surface area (Å²) in [7, 11) is 0. The number of aliphatic imine (C=N–C) groups is 1. The second-order valence-corrected chi connectivity index (χ2v) is 5.66. The molecular weight excluding hydrogens is 322 g/mol. The van der Waals surface area contributed by atoms with Gasteiger partial charge in [-0.15, -0.1) is 0 Å². The molecule has 0 aromatic heterocycles. The number of nitrogens with one attached hydrogen (secondary N) is 1. The van der Waals surface area contributed by atoms with Crippen LogP contribution in [0.25, 0.3) is 0 Å². The van der Waals surface area contributed by atoms with Crippen molar-refractivity contribution >= 4 is 33.6 Å². The average molecular weight is 338 g/mol. The van der Waals surface area contributed by atoms with Crippen LogP contribution >= 0.6 is 15.9 Å². The van der Waals surface area contributed by atoms with Crippen molar-refractivity contribution in [3.05, 3.63) is 34.3 Å². The maximum Gasteiger partial charge on any atom is 0.264 e. The van der Waals surface area contributed by atoms with Crippen molar-refractivity contribution in [2.24, 2.45) is 10.7 Å². The summed E-state index contributed by atoms with van der Waals surface area (Å²) in [5.41, 5.74) is 6.45. The van der Waals surface area contributed by atoms with Gasteiger partial charge >= 0.3 is 0 Å². The van der Waals surface area contributed by atoms with Gasteiger partial charge in [0, 0.05) is 16.9 Å². The number of benzene rings is 1. The van der Waals surface area contributed by atoms with E-state index in [1.807, 2.05) is 6.92 Å². The van der Waals surface area contributed by atoms with Crippen LogP contribution in [0.15, 0.2) is 33.7 Å². The molecule has 2 amide bonds. The number of hydrogen-bond acceptors (Lipinski definition) is 3. The molecule has 0 fully saturated rings. The summed E-state index contributed by atoms with van der Waals surface area (Å²) in [6, 6.07) is 6.96. The maximum absolute atomic E-state index is 12.1. The van der Waals surface area contributed by atoms with E-state index in [9.17, 15) is 9.59 Å². The number of hydrogen-bond donors (Lipinski definition) is 2. The Kier molecular flexibility index (Phi) is 4.67. The van der Waals surface area contributed by atoms with Gasteiger partial charge in [0.05, 0.1) is 0 Å². The Morgan fingerprint density at radius 2 is 2.00 bits per heavy atom. The number of rotatable bonds is 4. The van der Waals surface area contributed by atoms with E-state index >= 15 is 0 Å². The molecular formula is C14H16BrN3O2. The van der Waals surface area contributed by atoms with Gasteiger partial charge in [-0.05, 0) is 24.1 Å². The van der Waals surface area contributed by atoms with E-state index in [1.54, 1.807) is 24.3 Å². The molecule has 0 saturated heterocycles. The standard InChI is InChI=1S/C14H16BrN3O2/c1-2-10(16)7-11-17-13(19)12(14(20)18-11)8-3-5-9(15)6-4-8/h3-6,10,12H,2,7,16H2,1H3,(H,17,18,19,20). The van der Waals surface area contributed by atoms with Crippen molar-refractivity contribution in [2.75, 3.05) is 0 Å². The SMILES string of the molecule is CCC(N)CC1=NC(=O)C(c2ccc(Br)cc2)C(=O)N1. The molecule has 106 valence electrons. The molecule has 2 rings (SSSR count). The Labute approximate surface area is 125 Å². The monoisotopic (exact) mass is 337 g/mol. The molecule has 2 atom stereocenters. The van der Waals surface area contributed by atoms with E-state index < -0.39 is 11.8 Å². The lowest BCUT2D eigenvalue weighted by molar-refractivity contribution is -0.129. The van der Waals surface area contributed by atoms with Gasteiger partial charge in [0.2, 0.25) is 5.91 Å². The van der Waals surface area contributed by atoms with Crippen molar-refractivity contribution < 1.29 is 9.59 Å². The summed E-state index contributed by atoms with van der Waals surface area (Å²) in [4.78, 5) is 28.1. The molecule has 3 N–H and O–H groups in total. The second-order valence-electron chi connectivity index (χ2n) is 4.74. The van der Waals surface area contributed by atoms with Gasteiger partial charge in [0.1, 0.15) is 11.8 Å². The Balaban J connectivity index is 2.20. The lowest BCUT2D eigenvalue weighted by Crippen LogP contribution is -2.44. The third-order valence-electron chi connectivity index (χ3n) is 3.21. The third kappa shape index (κ3) is 3.32. The molecule has 1 aromatic carbocycles. The van der Waals surface area contributed by atoms with Crippen LogP contribution in [0.5, 0.6) is 0 Å². The molecule has 5 nitrogen and oxygen atoms in total. The van der Waals surface area contributed by atoms with Crippen LogP contribution in [0.2, 0.25) is 0 Å². The highest BCUT2D eigenvalue weighted by atomic mass is 79.9. The van der Waals surface area contributed by atoms with Crippen LogP contribution in [-0.2, 0) is 9.59 Å². The Bertz CT molecular complexity index is 554. The predicted molar refractivity (Wildman–Crippen MR) is 80.4 cm³/mol. The topological polar surface area (TPSA) is 84.5 Å². The first-order chi connectivity index (χ1) is 9.51. The Morgan fingerprint density at radius 1 is 1.35 bits per heavy atom. The van der Waals surface area contributed by atoms with Crippen molar-refractivity contribution in [2.45, 2.75) is 31.7 Å². The number of amidine groups is 1. The fourth-order valence-corrected chi connectivity index (χ4v) is 2.25. The van der Waals surface area contributed by atoms with Crippen LogP contribution < -0.4 is 11.1 Å². The molecule has 2 unspecified atom stereocenters. The first-order valence-electron chi connectivity index (χ1n) is 6.44. The zero-order valence-electron chi connectivity index (χ0n) is 11.1. The molecule has 0 bridgehead atoms. The van der Waals surface area contributed by atoms with Gasteiger partial charge in [0.15, 0.2) is 0 Å². The molecule has 6 heteroatoms. The highest BCUT2D eigenvalue weighted by molar-refractivity contribution is 9.10. The molecule has 1 aromatic rings. The number of amides is 2. The molecule has 1 aliphatic rings. The Morgan fingerprint density at radius 3 is 2.55 bits per heavy atom. The smallest absolute Gasteiger partial charge is 0.264 e. The van der Waals surface area contributed by atoms with Gasteiger partial charge in [-0.3, -0.25) is 9.59 Å². The summed E-state index contributed by atoms with van der Waals surface area (Å²) in [6.07, 6.45) is 1.17. The molecule has 1 aliphatic heterocycles. The molecule has 0 spiro atoms. The fourth-order valence-electron chi connectivity index (χ4n) is 1.99. The van der Waals surface area contributed by atoms with Crippen LogP contribution in [0.4, 0.5) is 0 Å². The van der Waals surface area contributed by atoms with Crippen molar-refractivity contribution in [1.29, 1.82) is 0 Å². The van der Waals surface area contributed by atoms with E-state index in [1.165, 1.54) is 0 Å². The zero-order chi connectivity index (χ0) is 14.7. The van der Waals surface area contributed by atoms with Crippen LogP contribution in [0.3, 0.4) is 0 Å². The van der Waals surface area contributed by atoms with Crippen molar-refractivity contribution in [1.82, 2.24) is 5.32 Å². The molecule has 0 radical (unpaired) electrons. The minimum atomic E-state index is -0.871. The maximum atomic E-state index is 12.1. The first-order valence-corrected chi connectivity index (χ1v) is 7.24. The van der Waals surface area contributed by atoms with Crippen LogP contribution in [0.1, 0.15) is 31.2 Å². The predicted octanol–water partition coefficient (Wildman–Crippen LogP) is 1.71. The average Bonchev–Trinajstić information content (AvgIpc) is 2.40. The van der Waals surface area contributed by atoms with Crippen molar-refractivity contribution in [3.63, 3.8) is 0 Å².